The molecule has 2 N–H and O–H groups in total. The lowest BCUT2D eigenvalue weighted by atomic mass is 10.2. The van der Waals surface area contributed by atoms with Gasteiger partial charge in [-0.25, -0.2) is 13.2 Å². The van der Waals surface area contributed by atoms with E-state index in [2.05, 4.69) is 10.6 Å². The van der Waals surface area contributed by atoms with Crippen molar-refractivity contribution in [2.45, 2.75) is 18.0 Å². The molecule has 1 heterocycles. The normalized spacial score (nSPS) is 11.1. The highest BCUT2D eigenvalue weighted by atomic mass is 32.2. The Kier molecular flexibility index (Phi) is 4.64. The number of carbonyl (C=O) groups excluding carboxylic acids is 1. The van der Waals surface area contributed by atoms with Gasteiger partial charge in [-0.05, 0) is 23.8 Å². The van der Waals surface area contributed by atoms with Crippen molar-refractivity contribution in [2.24, 2.45) is 0 Å². The van der Waals surface area contributed by atoms with Gasteiger partial charge in [-0.15, -0.1) is 0 Å². The smallest absolute Gasteiger partial charge is 0.315 e. The van der Waals surface area contributed by atoms with Crippen LogP contribution in [0.1, 0.15) is 11.1 Å². The molecule has 21 heavy (non-hydrogen) atoms. The SMILES string of the molecule is CS(=O)(=O)c1ccc(CNC(=O)NCc2ccoc2)cc1. The van der Waals surface area contributed by atoms with Gasteiger partial charge in [0.15, 0.2) is 9.84 Å². The number of sulfone groups is 1. The van der Waals surface area contributed by atoms with E-state index in [1.165, 1.54) is 18.4 Å². The Labute approximate surface area is 123 Å². The molecular weight excluding hydrogens is 292 g/mol. The van der Waals surface area contributed by atoms with Crippen LogP contribution in [0.5, 0.6) is 0 Å². The molecule has 112 valence electrons. The predicted octanol–water partition coefficient (Wildman–Crippen LogP) is 1.68. The van der Waals surface area contributed by atoms with E-state index in [1.807, 2.05) is 0 Å². The molecule has 2 aromatic rings. The van der Waals surface area contributed by atoms with Crippen LogP contribution in [0.4, 0.5) is 4.79 Å². The summed E-state index contributed by atoms with van der Waals surface area (Å²) in [6.07, 6.45) is 4.26. The molecule has 0 saturated heterocycles. The maximum atomic E-state index is 11.6. The van der Waals surface area contributed by atoms with Gasteiger partial charge >= 0.3 is 6.03 Å². The van der Waals surface area contributed by atoms with E-state index < -0.39 is 9.84 Å². The molecule has 0 spiro atoms. The molecule has 0 fully saturated rings. The fourth-order valence-electron chi connectivity index (χ4n) is 1.67. The molecule has 2 rings (SSSR count). The topological polar surface area (TPSA) is 88.4 Å². The number of amides is 2. The molecule has 0 saturated carbocycles. The molecular formula is C14H16N2O4S. The molecule has 7 heteroatoms. The number of carbonyl (C=O) groups is 1. The van der Waals surface area contributed by atoms with Crippen molar-refractivity contribution in [3.8, 4) is 0 Å². The van der Waals surface area contributed by atoms with Crippen molar-refractivity contribution in [1.29, 1.82) is 0 Å². The summed E-state index contributed by atoms with van der Waals surface area (Å²) in [4.78, 5) is 11.8. The average Bonchev–Trinajstić information content (AvgIpc) is 2.95. The van der Waals surface area contributed by atoms with Gasteiger partial charge < -0.3 is 15.1 Å². The maximum absolute atomic E-state index is 11.6. The Morgan fingerprint density at radius 1 is 1.05 bits per heavy atom. The Morgan fingerprint density at radius 2 is 1.67 bits per heavy atom. The molecule has 0 radical (unpaired) electrons. The minimum atomic E-state index is -3.19. The van der Waals surface area contributed by atoms with E-state index in [0.29, 0.717) is 13.1 Å². The highest BCUT2D eigenvalue weighted by molar-refractivity contribution is 7.90. The van der Waals surface area contributed by atoms with Crippen LogP contribution in [0, 0.1) is 0 Å². The van der Waals surface area contributed by atoms with Crippen LogP contribution in [0.2, 0.25) is 0 Å². The molecule has 1 aromatic heterocycles. The number of hydrogen-bond donors (Lipinski definition) is 2. The van der Waals surface area contributed by atoms with Gasteiger partial charge in [-0.3, -0.25) is 0 Å². The maximum Gasteiger partial charge on any atom is 0.315 e. The van der Waals surface area contributed by atoms with Crippen molar-refractivity contribution in [3.05, 3.63) is 54.0 Å². The third-order valence-corrected chi connectivity index (χ3v) is 3.97. The zero-order valence-corrected chi connectivity index (χ0v) is 12.3. The Bertz CT molecular complexity index is 691. The Morgan fingerprint density at radius 3 is 2.19 bits per heavy atom. The summed E-state index contributed by atoms with van der Waals surface area (Å²) in [5.74, 6) is 0. The monoisotopic (exact) mass is 308 g/mol. The lowest BCUT2D eigenvalue weighted by Crippen LogP contribution is -2.34. The summed E-state index contributed by atoms with van der Waals surface area (Å²) in [7, 11) is -3.19. The summed E-state index contributed by atoms with van der Waals surface area (Å²) in [6, 6.07) is 7.86. The summed E-state index contributed by atoms with van der Waals surface area (Å²) < 4.78 is 27.5. The van der Waals surface area contributed by atoms with Gasteiger partial charge in [-0.2, -0.15) is 0 Å². The van der Waals surface area contributed by atoms with Crippen molar-refractivity contribution in [2.75, 3.05) is 6.26 Å². The summed E-state index contributed by atoms with van der Waals surface area (Å²) >= 11 is 0. The number of hydrogen-bond acceptors (Lipinski definition) is 4. The van der Waals surface area contributed by atoms with Crippen LogP contribution in [0.15, 0.2) is 52.2 Å². The highest BCUT2D eigenvalue weighted by Gasteiger charge is 2.06. The molecule has 0 aliphatic carbocycles. The fourth-order valence-corrected chi connectivity index (χ4v) is 2.31. The zero-order chi connectivity index (χ0) is 15.3. The minimum Gasteiger partial charge on any atom is -0.472 e. The van der Waals surface area contributed by atoms with E-state index in [9.17, 15) is 13.2 Å². The van der Waals surface area contributed by atoms with Crippen molar-refractivity contribution < 1.29 is 17.6 Å². The van der Waals surface area contributed by atoms with Crippen LogP contribution in [0.25, 0.3) is 0 Å². The first-order valence-electron chi connectivity index (χ1n) is 6.27. The van der Waals surface area contributed by atoms with Crippen molar-refractivity contribution >= 4 is 15.9 Å². The van der Waals surface area contributed by atoms with E-state index in [0.717, 1.165) is 17.4 Å². The molecule has 0 bridgehead atoms. The molecule has 0 atom stereocenters. The van der Waals surface area contributed by atoms with Crippen molar-refractivity contribution in [1.82, 2.24) is 10.6 Å². The van der Waals surface area contributed by atoms with Gasteiger partial charge in [0.05, 0.1) is 17.4 Å². The fraction of sp³-hybridized carbons (Fsp3) is 0.214. The molecule has 0 unspecified atom stereocenters. The number of benzene rings is 1. The van der Waals surface area contributed by atoms with E-state index in [-0.39, 0.29) is 10.9 Å². The van der Waals surface area contributed by atoms with E-state index in [4.69, 9.17) is 4.42 Å². The van der Waals surface area contributed by atoms with E-state index >= 15 is 0 Å². The molecule has 6 nitrogen and oxygen atoms in total. The van der Waals surface area contributed by atoms with Gasteiger partial charge in [0.25, 0.3) is 0 Å². The largest absolute Gasteiger partial charge is 0.472 e. The van der Waals surface area contributed by atoms with Crippen molar-refractivity contribution in [3.63, 3.8) is 0 Å². The van der Waals surface area contributed by atoms with Gasteiger partial charge in [0, 0.05) is 24.9 Å². The zero-order valence-electron chi connectivity index (χ0n) is 11.5. The minimum absolute atomic E-state index is 0.260. The van der Waals surface area contributed by atoms with Crippen LogP contribution in [-0.2, 0) is 22.9 Å². The molecule has 1 aromatic carbocycles. The molecule has 2 amide bonds. The predicted molar refractivity (Wildman–Crippen MR) is 77.3 cm³/mol. The average molecular weight is 308 g/mol. The first-order chi connectivity index (χ1) is 9.95. The summed E-state index contributed by atoms with van der Waals surface area (Å²) in [5, 5.41) is 5.37. The van der Waals surface area contributed by atoms with E-state index in [1.54, 1.807) is 24.5 Å². The lowest BCUT2D eigenvalue weighted by Gasteiger charge is -2.07. The third kappa shape index (κ3) is 4.64. The third-order valence-electron chi connectivity index (χ3n) is 2.84. The molecule has 0 aliphatic rings. The Balaban J connectivity index is 1.81. The lowest BCUT2D eigenvalue weighted by molar-refractivity contribution is 0.240. The quantitative estimate of drug-likeness (QED) is 0.879. The number of furan rings is 1. The van der Waals surface area contributed by atoms with Gasteiger partial charge in [0.2, 0.25) is 0 Å². The first-order valence-corrected chi connectivity index (χ1v) is 8.16. The number of nitrogens with one attached hydrogen (secondary N) is 2. The van der Waals surface area contributed by atoms with Crippen LogP contribution < -0.4 is 10.6 Å². The number of urea groups is 1. The van der Waals surface area contributed by atoms with Crippen LogP contribution >= 0.6 is 0 Å². The standard InChI is InChI=1S/C14H16N2O4S/c1-21(18,19)13-4-2-11(3-5-13)8-15-14(17)16-9-12-6-7-20-10-12/h2-7,10H,8-9H2,1H3,(H2,15,16,17). The first kappa shape index (κ1) is 15.1. The summed E-state index contributed by atoms with van der Waals surface area (Å²) in [5.41, 5.74) is 1.70. The second-order valence-corrected chi connectivity index (χ2v) is 6.60. The van der Waals surface area contributed by atoms with Crippen LogP contribution in [-0.4, -0.2) is 20.7 Å². The van der Waals surface area contributed by atoms with Gasteiger partial charge in [0.1, 0.15) is 0 Å². The van der Waals surface area contributed by atoms with Crippen LogP contribution in [0.3, 0.4) is 0 Å². The number of rotatable bonds is 5. The molecule has 0 aliphatic heterocycles. The van der Waals surface area contributed by atoms with Gasteiger partial charge in [-0.1, -0.05) is 12.1 Å². The highest BCUT2D eigenvalue weighted by Crippen LogP contribution is 2.10. The second kappa shape index (κ2) is 6.45. The summed E-state index contributed by atoms with van der Waals surface area (Å²) in [6.45, 7) is 0.705. The Hall–Kier alpha value is -2.28. The second-order valence-electron chi connectivity index (χ2n) is 4.58.